The highest BCUT2D eigenvalue weighted by Gasteiger charge is 2.25. The Kier molecular flexibility index (Phi) is 5.74. The van der Waals surface area contributed by atoms with Crippen molar-refractivity contribution < 1.29 is 23.5 Å². The summed E-state index contributed by atoms with van der Waals surface area (Å²) >= 11 is 5.94. The minimum atomic E-state index is -1.01. The number of esters is 1. The molecule has 1 unspecified atom stereocenters. The van der Waals surface area contributed by atoms with Crippen LogP contribution in [-0.2, 0) is 9.53 Å². The quantitative estimate of drug-likeness (QED) is 0.809. The number of nitrogens with one attached hydrogen (secondary N) is 1. The highest BCUT2D eigenvalue weighted by atomic mass is 35.5. The molecule has 1 N–H and O–H groups in total. The van der Waals surface area contributed by atoms with Crippen LogP contribution in [0.1, 0.15) is 34.4 Å². The molecule has 0 radical (unpaired) electrons. The molecule has 0 bridgehead atoms. The molecule has 134 valence electrons. The van der Waals surface area contributed by atoms with Crippen molar-refractivity contribution in [3.63, 3.8) is 0 Å². The van der Waals surface area contributed by atoms with E-state index in [9.17, 15) is 9.59 Å². The number of hydrogen-bond acceptors (Lipinski definition) is 5. The predicted molar refractivity (Wildman–Crippen MR) is 94.4 cm³/mol. The SMILES string of the molecule is COc1ccc(Cl)cc1NC(=O)C(C)OC(=O)c1c(C)oc(C)c1C. The summed E-state index contributed by atoms with van der Waals surface area (Å²) in [6, 6.07) is 4.84. The fourth-order valence-electron chi connectivity index (χ4n) is 2.38. The van der Waals surface area contributed by atoms with E-state index in [0.717, 1.165) is 0 Å². The lowest BCUT2D eigenvalue weighted by Crippen LogP contribution is -2.30. The number of rotatable bonds is 5. The Bertz CT molecular complexity index is 812. The van der Waals surface area contributed by atoms with Gasteiger partial charge in [-0.15, -0.1) is 0 Å². The predicted octanol–water partition coefficient (Wildman–Crippen LogP) is 4.05. The monoisotopic (exact) mass is 365 g/mol. The molecule has 1 heterocycles. The number of furan rings is 1. The van der Waals surface area contributed by atoms with Gasteiger partial charge in [-0.05, 0) is 45.9 Å². The lowest BCUT2D eigenvalue weighted by molar-refractivity contribution is -0.123. The lowest BCUT2D eigenvalue weighted by atomic mass is 10.1. The highest BCUT2D eigenvalue weighted by Crippen LogP contribution is 2.28. The van der Waals surface area contributed by atoms with Crippen molar-refractivity contribution in [2.45, 2.75) is 33.8 Å². The zero-order valence-electron chi connectivity index (χ0n) is 14.7. The van der Waals surface area contributed by atoms with Crippen molar-refractivity contribution in [1.82, 2.24) is 0 Å². The van der Waals surface area contributed by atoms with Crippen LogP contribution in [0, 0.1) is 20.8 Å². The Balaban J connectivity index is 2.10. The third-order valence-electron chi connectivity index (χ3n) is 3.84. The first-order valence-electron chi connectivity index (χ1n) is 7.66. The molecule has 6 nitrogen and oxygen atoms in total. The van der Waals surface area contributed by atoms with Crippen LogP contribution in [0.5, 0.6) is 5.75 Å². The van der Waals surface area contributed by atoms with Gasteiger partial charge in [0, 0.05) is 10.6 Å². The Morgan fingerprint density at radius 2 is 1.88 bits per heavy atom. The molecule has 1 aromatic heterocycles. The lowest BCUT2D eigenvalue weighted by Gasteiger charge is -2.15. The van der Waals surface area contributed by atoms with E-state index >= 15 is 0 Å². The van der Waals surface area contributed by atoms with Crippen molar-refractivity contribution in [2.75, 3.05) is 12.4 Å². The number of amides is 1. The maximum absolute atomic E-state index is 12.3. The van der Waals surface area contributed by atoms with Gasteiger partial charge >= 0.3 is 5.97 Å². The molecule has 0 aliphatic rings. The molecular formula is C18H20ClNO5. The van der Waals surface area contributed by atoms with Gasteiger partial charge in [0.1, 0.15) is 22.8 Å². The molecule has 0 aliphatic heterocycles. The van der Waals surface area contributed by atoms with Crippen LogP contribution < -0.4 is 10.1 Å². The molecular weight excluding hydrogens is 346 g/mol. The highest BCUT2D eigenvalue weighted by molar-refractivity contribution is 6.31. The molecule has 25 heavy (non-hydrogen) atoms. The van der Waals surface area contributed by atoms with Crippen molar-refractivity contribution in [1.29, 1.82) is 0 Å². The van der Waals surface area contributed by atoms with Gasteiger partial charge in [0.2, 0.25) is 0 Å². The number of methoxy groups -OCH3 is 1. The Labute approximate surface area is 151 Å². The molecule has 0 spiro atoms. The van der Waals surface area contributed by atoms with Gasteiger partial charge in [-0.3, -0.25) is 4.79 Å². The Morgan fingerprint density at radius 1 is 1.20 bits per heavy atom. The summed E-state index contributed by atoms with van der Waals surface area (Å²) in [5.74, 6) is 0.458. The van der Waals surface area contributed by atoms with Gasteiger partial charge < -0.3 is 19.2 Å². The normalized spacial score (nSPS) is 11.8. The van der Waals surface area contributed by atoms with E-state index in [1.807, 2.05) is 0 Å². The van der Waals surface area contributed by atoms with E-state index in [-0.39, 0.29) is 0 Å². The van der Waals surface area contributed by atoms with Crippen molar-refractivity contribution in [3.8, 4) is 5.75 Å². The minimum absolute atomic E-state index is 0.345. The van der Waals surface area contributed by atoms with Gasteiger partial charge in [-0.1, -0.05) is 11.6 Å². The van der Waals surface area contributed by atoms with Crippen LogP contribution in [0.4, 0.5) is 5.69 Å². The summed E-state index contributed by atoms with van der Waals surface area (Å²) in [4.78, 5) is 24.7. The van der Waals surface area contributed by atoms with Gasteiger partial charge in [-0.2, -0.15) is 0 Å². The second-order valence-electron chi connectivity index (χ2n) is 5.60. The molecule has 2 rings (SSSR count). The molecule has 1 amide bonds. The summed E-state index contributed by atoms with van der Waals surface area (Å²) < 4.78 is 15.9. The topological polar surface area (TPSA) is 77.8 Å². The van der Waals surface area contributed by atoms with Gasteiger partial charge in [-0.25, -0.2) is 4.79 Å². The zero-order valence-corrected chi connectivity index (χ0v) is 15.5. The summed E-state index contributed by atoms with van der Waals surface area (Å²) in [6.45, 7) is 6.70. The van der Waals surface area contributed by atoms with Crippen LogP contribution >= 0.6 is 11.6 Å². The molecule has 0 aliphatic carbocycles. The Hall–Kier alpha value is -2.47. The number of carbonyl (C=O) groups excluding carboxylic acids is 2. The largest absolute Gasteiger partial charge is 0.495 e. The third-order valence-corrected chi connectivity index (χ3v) is 4.07. The van der Waals surface area contributed by atoms with Crippen LogP contribution in [0.3, 0.4) is 0 Å². The van der Waals surface area contributed by atoms with Crippen LogP contribution in [0.25, 0.3) is 0 Å². The summed E-state index contributed by atoms with van der Waals surface area (Å²) in [6.07, 6.45) is -1.01. The van der Waals surface area contributed by atoms with E-state index < -0.39 is 18.0 Å². The summed E-state index contributed by atoms with van der Waals surface area (Å²) in [5, 5.41) is 3.09. The maximum atomic E-state index is 12.3. The first-order valence-corrected chi connectivity index (χ1v) is 8.04. The first-order chi connectivity index (χ1) is 11.7. The van der Waals surface area contributed by atoms with E-state index in [4.69, 9.17) is 25.5 Å². The average Bonchev–Trinajstić information content (AvgIpc) is 2.80. The standard InChI is InChI=1S/C18H20ClNO5/c1-9-10(2)24-11(3)16(9)18(22)25-12(4)17(21)20-14-8-13(19)6-7-15(14)23-5/h6-8,12H,1-5H3,(H,20,21). The first kappa shape index (κ1) is 18.9. The molecule has 0 fully saturated rings. The van der Waals surface area contributed by atoms with Gasteiger partial charge in [0.05, 0.1) is 12.8 Å². The minimum Gasteiger partial charge on any atom is -0.495 e. The van der Waals surface area contributed by atoms with Crippen LogP contribution in [0.15, 0.2) is 22.6 Å². The van der Waals surface area contributed by atoms with E-state index in [2.05, 4.69) is 5.32 Å². The second-order valence-corrected chi connectivity index (χ2v) is 6.03. The molecule has 7 heteroatoms. The van der Waals surface area contributed by atoms with Crippen LogP contribution in [0.2, 0.25) is 5.02 Å². The van der Waals surface area contributed by atoms with E-state index in [1.54, 1.807) is 39.0 Å². The molecule has 0 saturated heterocycles. The van der Waals surface area contributed by atoms with Gasteiger partial charge in [0.25, 0.3) is 5.91 Å². The number of ether oxygens (including phenoxy) is 2. The van der Waals surface area contributed by atoms with E-state index in [0.29, 0.717) is 39.1 Å². The van der Waals surface area contributed by atoms with Crippen molar-refractivity contribution in [3.05, 3.63) is 45.9 Å². The number of carbonyl (C=O) groups is 2. The third kappa shape index (κ3) is 4.14. The number of anilines is 1. The number of benzene rings is 1. The van der Waals surface area contributed by atoms with Gasteiger partial charge in [0.15, 0.2) is 6.10 Å². The number of halogens is 1. The fraction of sp³-hybridized carbons (Fsp3) is 0.333. The maximum Gasteiger partial charge on any atom is 0.342 e. The molecule has 1 aromatic carbocycles. The number of aryl methyl sites for hydroxylation is 2. The van der Waals surface area contributed by atoms with Crippen molar-refractivity contribution >= 4 is 29.2 Å². The molecule has 2 aromatic rings. The second kappa shape index (κ2) is 7.61. The summed E-state index contributed by atoms with van der Waals surface area (Å²) in [7, 11) is 1.48. The number of hydrogen-bond donors (Lipinski definition) is 1. The summed E-state index contributed by atoms with van der Waals surface area (Å²) in [5.41, 5.74) is 1.44. The van der Waals surface area contributed by atoms with Crippen molar-refractivity contribution in [2.24, 2.45) is 0 Å². The molecule has 0 saturated carbocycles. The average molecular weight is 366 g/mol. The van der Waals surface area contributed by atoms with E-state index in [1.165, 1.54) is 14.0 Å². The van der Waals surface area contributed by atoms with Crippen LogP contribution in [-0.4, -0.2) is 25.1 Å². The fourth-order valence-corrected chi connectivity index (χ4v) is 2.55. The Morgan fingerprint density at radius 3 is 2.44 bits per heavy atom. The zero-order chi connectivity index (χ0) is 18.7. The smallest absolute Gasteiger partial charge is 0.342 e. The molecule has 1 atom stereocenters.